The highest BCUT2D eigenvalue weighted by Crippen LogP contribution is 2.02. The molecular weight excluding hydrogens is 230 g/mol. The topological polar surface area (TPSA) is 49.8 Å². The summed E-state index contributed by atoms with van der Waals surface area (Å²) in [5.41, 5.74) is 1.26. The van der Waals surface area contributed by atoms with Crippen LogP contribution in [0, 0.1) is 0 Å². The van der Waals surface area contributed by atoms with Gasteiger partial charge in [-0.1, -0.05) is 30.3 Å². The Kier molecular flexibility index (Phi) is 6.39. The Morgan fingerprint density at radius 3 is 2.61 bits per heavy atom. The van der Waals surface area contributed by atoms with Crippen molar-refractivity contribution in [1.82, 2.24) is 4.90 Å². The van der Waals surface area contributed by atoms with E-state index in [1.165, 1.54) is 5.56 Å². The molecule has 1 rings (SSSR count). The van der Waals surface area contributed by atoms with Gasteiger partial charge in [0.1, 0.15) is 0 Å². The lowest BCUT2D eigenvalue weighted by Gasteiger charge is -2.21. The van der Waals surface area contributed by atoms with Crippen LogP contribution in [0.4, 0.5) is 0 Å². The number of hydrogen-bond donors (Lipinski definition) is 1. The Hall–Kier alpha value is -1.39. The minimum Gasteiger partial charge on any atom is -0.479 e. The first-order valence-corrected chi connectivity index (χ1v) is 6.20. The average molecular weight is 251 g/mol. The molecule has 0 radical (unpaired) electrons. The highest BCUT2D eigenvalue weighted by molar-refractivity contribution is 5.72. The molecule has 100 valence electrons. The van der Waals surface area contributed by atoms with Gasteiger partial charge in [0.2, 0.25) is 0 Å². The molecule has 0 spiro atoms. The van der Waals surface area contributed by atoms with Crippen LogP contribution >= 0.6 is 0 Å². The third-order valence-corrected chi connectivity index (χ3v) is 2.75. The van der Waals surface area contributed by atoms with Crippen molar-refractivity contribution in [1.29, 1.82) is 0 Å². The van der Waals surface area contributed by atoms with E-state index >= 15 is 0 Å². The van der Waals surface area contributed by atoms with Gasteiger partial charge < -0.3 is 14.7 Å². The van der Waals surface area contributed by atoms with E-state index in [4.69, 9.17) is 9.84 Å². The first-order chi connectivity index (χ1) is 8.63. The van der Waals surface area contributed by atoms with Crippen LogP contribution in [0.3, 0.4) is 0 Å². The number of aliphatic carboxylic acids is 1. The van der Waals surface area contributed by atoms with Gasteiger partial charge in [-0.15, -0.1) is 0 Å². The van der Waals surface area contributed by atoms with E-state index in [0.29, 0.717) is 13.2 Å². The molecule has 0 fully saturated rings. The van der Waals surface area contributed by atoms with Crippen LogP contribution in [-0.2, 0) is 16.0 Å². The first-order valence-electron chi connectivity index (χ1n) is 6.20. The number of carbonyl (C=O) groups is 1. The molecule has 18 heavy (non-hydrogen) atoms. The normalized spacial score (nSPS) is 12.6. The quantitative estimate of drug-likeness (QED) is 0.763. The second-order valence-electron chi connectivity index (χ2n) is 4.28. The standard InChI is InChI=1S/C14H21NO3/c1-3-18-13(14(16)17)11-15(2)10-9-12-7-5-4-6-8-12/h4-8,13H,3,9-11H2,1-2H3,(H,16,17). The van der Waals surface area contributed by atoms with Crippen LogP contribution in [0.5, 0.6) is 0 Å². The summed E-state index contributed by atoms with van der Waals surface area (Å²) < 4.78 is 5.18. The molecule has 0 aliphatic carbocycles. The van der Waals surface area contributed by atoms with Crippen molar-refractivity contribution in [3.05, 3.63) is 35.9 Å². The van der Waals surface area contributed by atoms with Crippen LogP contribution < -0.4 is 0 Å². The van der Waals surface area contributed by atoms with Gasteiger partial charge in [0.25, 0.3) is 0 Å². The van der Waals surface area contributed by atoms with Crippen molar-refractivity contribution in [3.8, 4) is 0 Å². The second-order valence-corrected chi connectivity index (χ2v) is 4.28. The smallest absolute Gasteiger partial charge is 0.334 e. The number of hydrogen-bond acceptors (Lipinski definition) is 3. The first kappa shape index (κ1) is 14.7. The van der Waals surface area contributed by atoms with Crippen molar-refractivity contribution in [2.24, 2.45) is 0 Å². The summed E-state index contributed by atoms with van der Waals surface area (Å²) in [4.78, 5) is 12.9. The van der Waals surface area contributed by atoms with E-state index in [2.05, 4.69) is 12.1 Å². The van der Waals surface area contributed by atoms with Crippen LogP contribution in [0.25, 0.3) is 0 Å². The Morgan fingerprint density at radius 1 is 1.39 bits per heavy atom. The highest BCUT2D eigenvalue weighted by atomic mass is 16.5. The van der Waals surface area contributed by atoms with Gasteiger partial charge in [-0.3, -0.25) is 0 Å². The summed E-state index contributed by atoms with van der Waals surface area (Å²) in [5.74, 6) is -0.900. The van der Waals surface area contributed by atoms with Crippen LogP contribution in [0.1, 0.15) is 12.5 Å². The summed E-state index contributed by atoms with van der Waals surface area (Å²) >= 11 is 0. The number of nitrogens with zero attached hydrogens (tertiary/aromatic N) is 1. The summed E-state index contributed by atoms with van der Waals surface area (Å²) in [6.07, 6.45) is 0.172. The molecule has 0 aromatic heterocycles. The summed E-state index contributed by atoms with van der Waals surface area (Å²) in [7, 11) is 1.91. The van der Waals surface area contributed by atoms with Gasteiger partial charge in [-0.05, 0) is 26.0 Å². The molecule has 1 aromatic carbocycles. The average Bonchev–Trinajstić information content (AvgIpc) is 2.37. The summed E-state index contributed by atoms with van der Waals surface area (Å²) in [6.45, 7) is 3.46. The molecule has 1 unspecified atom stereocenters. The summed E-state index contributed by atoms with van der Waals surface area (Å²) in [5, 5.41) is 8.99. The van der Waals surface area contributed by atoms with E-state index < -0.39 is 12.1 Å². The SMILES string of the molecule is CCOC(CN(C)CCc1ccccc1)C(=O)O. The zero-order valence-electron chi connectivity index (χ0n) is 11.0. The minimum absolute atomic E-state index is 0.413. The molecule has 0 saturated carbocycles. The largest absolute Gasteiger partial charge is 0.479 e. The van der Waals surface area contributed by atoms with Crippen molar-refractivity contribution >= 4 is 5.97 Å². The molecule has 1 aromatic rings. The maximum atomic E-state index is 10.9. The van der Waals surface area contributed by atoms with Gasteiger partial charge in [0, 0.05) is 19.7 Å². The zero-order chi connectivity index (χ0) is 13.4. The maximum Gasteiger partial charge on any atom is 0.334 e. The Morgan fingerprint density at radius 2 is 2.06 bits per heavy atom. The monoisotopic (exact) mass is 251 g/mol. The van der Waals surface area contributed by atoms with Crippen molar-refractivity contribution in [2.75, 3.05) is 26.7 Å². The predicted octanol–water partition coefficient (Wildman–Crippen LogP) is 1.65. The molecule has 0 aliphatic heterocycles. The molecule has 0 amide bonds. The fourth-order valence-corrected chi connectivity index (χ4v) is 1.74. The third kappa shape index (κ3) is 5.29. The molecular formula is C14H21NO3. The highest BCUT2D eigenvalue weighted by Gasteiger charge is 2.19. The predicted molar refractivity (Wildman–Crippen MR) is 70.7 cm³/mol. The molecule has 0 heterocycles. The Bertz CT molecular complexity index is 353. The molecule has 1 atom stereocenters. The molecule has 1 N–H and O–H groups in total. The third-order valence-electron chi connectivity index (χ3n) is 2.75. The van der Waals surface area contributed by atoms with Crippen LogP contribution in [0.2, 0.25) is 0 Å². The second kappa shape index (κ2) is 7.84. The molecule has 0 saturated heterocycles. The zero-order valence-corrected chi connectivity index (χ0v) is 11.0. The number of ether oxygens (including phenoxy) is 1. The Labute approximate surface area is 108 Å². The van der Waals surface area contributed by atoms with Gasteiger partial charge in [0.05, 0.1) is 0 Å². The fourth-order valence-electron chi connectivity index (χ4n) is 1.74. The molecule has 0 aliphatic rings. The van der Waals surface area contributed by atoms with Crippen LogP contribution in [-0.4, -0.2) is 48.8 Å². The van der Waals surface area contributed by atoms with Gasteiger partial charge in [0.15, 0.2) is 6.10 Å². The number of carboxylic acids is 1. The Balaban J connectivity index is 2.36. The minimum atomic E-state index is -0.900. The van der Waals surface area contributed by atoms with Crippen molar-refractivity contribution in [2.45, 2.75) is 19.4 Å². The van der Waals surface area contributed by atoms with E-state index in [1.807, 2.05) is 30.1 Å². The van der Waals surface area contributed by atoms with Crippen molar-refractivity contribution < 1.29 is 14.6 Å². The number of rotatable bonds is 8. The van der Waals surface area contributed by atoms with Crippen molar-refractivity contribution in [3.63, 3.8) is 0 Å². The fraction of sp³-hybridized carbons (Fsp3) is 0.500. The lowest BCUT2D eigenvalue weighted by molar-refractivity contribution is -0.151. The molecule has 4 heteroatoms. The van der Waals surface area contributed by atoms with E-state index in [1.54, 1.807) is 6.92 Å². The van der Waals surface area contributed by atoms with E-state index in [-0.39, 0.29) is 0 Å². The lowest BCUT2D eigenvalue weighted by Crippen LogP contribution is -2.37. The lowest BCUT2D eigenvalue weighted by atomic mass is 10.1. The maximum absolute atomic E-state index is 10.9. The number of carboxylic acid groups (broad SMARTS) is 1. The number of likely N-dealkylation sites (N-methyl/N-ethyl adjacent to an activating group) is 1. The van der Waals surface area contributed by atoms with Crippen LogP contribution in [0.15, 0.2) is 30.3 Å². The van der Waals surface area contributed by atoms with Gasteiger partial charge in [-0.2, -0.15) is 0 Å². The number of benzene rings is 1. The molecule has 4 nitrogen and oxygen atoms in total. The van der Waals surface area contributed by atoms with E-state index in [9.17, 15) is 4.79 Å². The summed E-state index contributed by atoms with van der Waals surface area (Å²) in [6, 6.07) is 10.2. The van der Waals surface area contributed by atoms with Gasteiger partial charge >= 0.3 is 5.97 Å². The van der Waals surface area contributed by atoms with Gasteiger partial charge in [-0.25, -0.2) is 4.79 Å². The molecule has 0 bridgehead atoms. The van der Waals surface area contributed by atoms with E-state index in [0.717, 1.165) is 13.0 Å².